The van der Waals surface area contributed by atoms with Crippen molar-refractivity contribution >= 4 is 39.6 Å². The van der Waals surface area contributed by atoms with Gasteiger partial charge >= 0.3 is 0 Å². The van der Waals surface area contributed by atoms with Crippen molar-refractivity contribution in [1.29, 1.82) is 5.26 Å². The standard InChI is InChI=1S/C48H36FN4OP/c49-36-28-26-34(27-29-36)47-51-46(33-24-22-32(31-50)23-25-33)52-48(53-47)45-42-20-9-7-18-40(42)44(41-19-8-10-21-43(41)45)35-12-11-17-39(30-35)55(54,37-13-3-1-4-14-37)38-15-5-2-6-16-38/h1,3-5,7-13,15-22,24,26-30,37H,2,6,14,23,25H2. The van der Waals surface area contributed by atoms with Gasteiger partial charge < -0.3 is 4.57 Å². The van der Waals surface area contributed by atoms with Crippen molar-refractivity contribution < 1.29 is 8.96 Å². The summed E-state index contributed by atoms with van der Waals surface area (Å²) in [7, 11) is -3.05. The van der Waals surface area contributed by atoms with Crippen LogP contribution in [0.4, 0.5) is 4.39 Å². The van der Waals surface area contributed by atoms with Crippen LogP contribution in [0.3, 0.4) is 0 Å². The zero-order valence-corrected chi connectivity index (χ0v) is 31.0. The Hall–Kier alpha value is -6.28. The van der Waals surface area contributed by atoms with Gasteiger partial charge in [0, 0.05) is 33.0 Å². The van der Waals surface area contributed by atoms with E-state index in [1.807, 2.05) is 60.7 Å². The molecule has 55 heavy (non-hydrogen) atoms. The number of benzene rings is 5. The Morgan fingerprint density at radius 2 is 1.40 bits per heavy atom. The highest BCUT2D eigenvalue weighted by atomic mass is 31.2. The third-order valence-electron chi connectivity index (χ3n) is 10.8. The van der Waals surface area contributed by atoms with Crippen molar-refractivity contribution in [3.63, 3.8) is 0 Å². The molecular weight excluding hydrogens is 699 g/mol. The number of fused-ring (bicyclic) bond motifs is 2. The molecule has 0 spiro atoms. The molecule has 2 unspecified atom stereocenters. The van der Waals surface area contributed by atoms with Crippen molar-refractivity contribution in [3.05, 3.63) is 174 Å². The smallest absolute Gasteiger partial charge is 0.165 e. The Morgan fingerprint density at radius 1 is 0.691 bits per heavy atom. The molecule has 3 aliphatic carbocycles. The Kier molecular flexibility index (Phi) is 9.10. The summed E-state index contributed by atoms with van der Waals surface area (Å²) in [5.74, 6) is 1.13. The maximum atomic E-state index is 15.6. The number of hydrogen-bond donors (Lipinski definition) is 0. The quantitative estimate of drug-likeness (QED) is 0.120. The topological polar surface area (TPSA) is 79.5 Å². The molecule has 1 heterocycles. The Morgan fingerprint density at radius 3 is 2.04 bits per heavy atom. The second kappa shape index (κ2) is 14.5. The maximum Gasteiger partial charge on any atom is 0.165 e. The van der Waals surface area contributed by atoms with E-state index in [2.05, 4.69) is 72.8 Å². The first-order valence-electron chi connectivity index (χ1n) is 18.7. The van der Waals surface area contributed by atoms with Gasteiger partial charge in [-0.1, -0.05) is 115 Å². The second-order valence-electron chi connectivity index (χ2n) is 14.1. The van der Waals surface area contributed by atoms with Crippen molar-refractivity contribution in [1.82, 2.24) is 15.0 Å². The van der Waals surface area contributed by atoms with E-state index in [4.69, 9.17) is 15.0 Å². The molecule has 0 fully saturated rings. The third-order valence-corrected chi connectivity index (χ3v) is 14.2. The molecule has 0 N–H and O–H groups in total. The molecule has 7 heteroatoms. The van der Waals surface area contributed by atoms with Gasteiger partial charge in [0.2, 0.25) is 0 Å². The summed E-state index contributed by atoms with van der Waals surface area (Å²) < 4.78 is 29.6. The highest BCUT2D eigenvalue weighted by molar-refractivity contribution is 7.76. The van der Waals surface area contributed by atoms with Gasteiger partial charge in [-0.25, -0.2) is 19.3 Å². The number of nitrogens with zero attached hydrogens (tertiary/aromatic N) is 4. The molecule has 0 amide bonds. The molecular formula is C48H36FN4OP. The Labute approximate surface area is 319 Å². The summed E-state index contributed by atoms with van der Waals surface area (Å²) in [6.45, 7) is 0. The monoisotopic (exact) mass is 734 g/mol. The normalized spacial score (nSPS) is 17.7. The lowest BCUT2D eigenvalue weighted by molar-refractivity contribution is 0.580. The Bertz CT molecular complexity index is 2750. The van der Waals surface area contributed by atoms with E-state index in [9.17, 15) is 9.65 Å². The van der Waals surface area contributed by atoms with E-state index >= 15 is 4.57 Å². The van der Waals surface area contributed by atoms with E-state index in [1.54, 1.807) is 12.1 Å². The van der Waals surface area contributed by atoms with E-state index in [1.165, 1.54) is 12.1 Å². The molecule has 0 bridgehead atoms. The molecule has 6 aromatic rings. The van der Waals surface area contributed by atoms with E-state index < -0.39 is 7.14 Å². The van der Waals surface area contributed by atoms with E-state index in [0.29, 0.717) is 41.5 Å². The molecule has 5 aromatic carbocycles. The van der Waals surface area contributed by atoms with Gasteiger partial charge in [-0.3, -0.25) is 0 Å². The number of halogens is 1. The summed E-state index contributed by atoms with van der Waals surface area (Å²) in [6.07, 6.45) is 22.2. The molecule has 0 saturated carbocycles. The van der Waals surface area contributed by atoms with Gasteiger partial charge in [0.25, 0.3) is 0 Å². The molecule has 5 nitrogen and oxygen atoms in total. The van der Waals surface area contributed by atoms with Gasteiger partial charge in [-0.2, -0.15) is 5.26 Å². The lowest BCUT2D eigenvalue weighted by atomic mass is 9.88. The lowest BCUT2D eigenvalue weighted by Gasteiger charge is -2.29. The van der Waals surface area contributed by atoms with Crippen LogP contribution in [0.2, 0.25) is 0 Å². The van der Waals surface area contributed by atoms with Crippen LogP contribution in [0.5, 0.6) is 0 Å². The predicted octanol–water partition coefficient (Wildman–Crippen LogP) is 12.1. The van der Waals surface area contributed by atoms with Crippen LogP contribution in [-0.2, 0) is 4.57 Å². The minimum absolute atomic E-state index is 0.118. The fourth-order valence-electron chi connectivity index (χ4n) is 8.04. The zero-order valence-electron chi connectivity index (χ0n) is 30.1. The summed E-state index contributed by atoms with van der Waals surface area (Å²) in [5.41, 5.74) is 5.08. The summed E-state index contributed by atoms with van der Waals surface area (Å²) in [4.78, 5) is 15.1. The van der Waals surface area contributed by atoms with E-state index in [-0.39, 0.29) is 11.5 Å². The minimum Gasteiger partial charge on any atom is -0.313 e. The van der Waals surface area contributed by atoms with Gasteiger partial charge in [0.15, 0.2) is 17.5 Å². The first kappa shape index (κ1) is 34.5. The van der Waals surface area contributed by atoms with Crippen molar-refractivity contribution in [2.75, 3.05) is 0 Å². The molecule has 1 aromatic heterocycles. The van der Waals surface area contributed by atoms with Crippen LogP contribution in [0.15, 0.2) is 163 Å². The molecule has 266 valence electrons. The molecule has 9 rings (SSSR count). The number of allylic oxidation sites excluding steroid dienone is 12. The second-order valence-corrected chi connectivity index (χ2v) is 17.1. The average molecular weight is 735 g/mol. The highest BCUT2D eigenvalue weighted by Crippen LogP contribution is 2.61. The van der Waals surface area contributed by atoms with E-state index in [0.717, 1.165) is 73.7 Å². The summed E-state index contributed by atoms with van der Waals surface area (Å²) in [6, 6.07) is 33.4. The van der Waals surface area contributed by atoms with Gasteiger partial charge in [-0.05, 0) is 107 Å². The van der Waals surface area contributed by atoms with Crippen LogP contribution in [-0.4, -0.2) is 20.6 Å². The molecule has 0 saturated heterocycles. The fourth-order valence-corrected chi connectivity index (χ4v) is 11.2. The summed E-state index contributed by atoms with van der Waals surface area (Å²) >= 11 is 0. The first-order chi connectivity index (χ1) is 27.0. The lowest BCUT2D eigenvalue weighted by Crippen LogP contribution is -2.18. The van der Waals surface area contributed by atoms with Gasteiger partial charge in [0.1, 0.15) is 13.0 Å². The van der Waals surface area contributed by atoms with Crippen LogP contribution in [0.1, 0.15) is 37.9 Å². The first-order valence-corrected chi connectivity index (χ1v) is 20.5. The van der Waals surface area contributed by atoms with Gasteiger partial charge in [-0.15, -0.1) is 0 Å². The number of rotatable bonds is 7. The largest absolute Gasteiger partial charge is 0.313 e. The van der Waals surface area contributed by atoms with Crippen LogP contribution < -0.4 is 5.30 Å². The van der Waals surface area contributed by atoms with Gasteiger partial charge in [0.05, 0.1) is 6.07 Å². The molecule has 0 aliphatic heterocycles. The Balaban J connectivity index is 1.28. The number of hydrogen-bond acceptors (Lipinski definition) is 5. The van der Waals surface area contributed by atoms with Crippen molar-refractivity contribution in [2.24, 2.45) is 0 Å². The predicted molar refractivity (Wildman–Crippen MR) is 222 cm³/mol. The SMILES string of the molecule is N#CC1=CC=C(c2nc(-c3ccc(F)cc3)nc(-c3c4ccccc4c(-c4cccc(P(=O)(C5=CCCC=C5)C5C=CC=CC5)c4)c4ccccc34)n2)CC1. The summed E-state index contributed by atoms with van der Waals surface area (Å²) in [5, 5.41) is 15.2. The molecule has 3 aliphatic rings. The third kappa shape index (κ3) is 6.31. The van der Waals surface area contributed by atoms with Crippen molar-refractivity contribution in [3.8, 4) is 40.0 Å². The van der Waals surface area contributed by atoms with Crippen molar-refractivity contribution in [2.45, 2.75) is 37.8 Å². The maximum absolute atomic E-state index is 15.6. The highest BCUT2D eigenvalue weighted by Gasteiger charge is 2.36. The molecule has 2 atom stereocenters. The minimum atomic E-state index is -3.05. The number of nitriles is 1. The molecule has 0 radical (unpaired) electrons. The zero-order chi connectivity index (χ0) is 37.4. The fraction of sp³-hybridized carbons (Fsp3) is 0.125. The van der Waals surface area contributed by atoms with Crippen LogP contribution >= 0.6 is 7.14 Å². The average Bonchev–Trinajstić information content (AvgIpc) is 3.26. The van der Waals surface area contributed by atoms with Crippen LogP contribution in [0.25, 0.3) is 61.0 Å². The van der Waals surface area contributed by atoms with Crippen LogP contribution in [0, 0.1) is 17.1 Å². The number of aromatic nitrogens is 3.